The average Bonchev–Trinajstić information content (AvgIpc) is 2.95. The van der Waals surface area contributed by atoms with Crippen LogP contribution in [0.1, 0.15) is 47.9 Å². The monoisotopic (exact) mass is 401 g/mol. The predicted molar refractivity (Wildman–Crippen MR) is 108 cm³/mol. The van der Waals surface area contributed by atoms with Crippen LogP contribution in [-0.4, -0.2) is 40.7 Å². The second-order valence-electron chi connectivity index (χ2n) is 6.67. The molecular formula is C21H27N3O5. The first kappa shape index (κ1) is 22.1. The third kappa shape index (κ3) is 6.44. The standard InChI is InChI=1S/C21H27N3O5/c1-5-12-28-17-8-6-16(7-9-17)18(25)10-11-20(27)29-13-19(26)22-21-14(2)23-24(4)15(21)3/h6-9H,5,10-13H2,1-4H3,(H,22,26). The van der Waals surface area contributed by atoms with Crippen molar-refractivity contribution >= 4 is 23.3 Å². The van der Waals surface area contributed by atoms with Crippen LogP contribution in [0.3, 0.4) is 0 Å². The Bertz CT molecular complexity index is 871. The highest BCUT2D eigenvalue weighted by atomic mass is 16.5. The van der Waals surface area contributed by atoms with Crippen molar-refractivity contribution in [2.75, 3.05) is 18.5 Å². The number of hydrogen-bond acceptors (Lipinski definition) is 6. The van der Waals surface area contributed by atoms with Crippen LogP contribution in [0.5, 0.6) is 5.75 Å². The highest BCUT2D eigenvalue weighted by Gasteiger charge is 2.15. The zero-order valence-electron chi connectivity index (χ0n) is 17.3. The molecule has 0 fully saturated rings. The Balaban J connectivity index is 1.74. The lowest BCUT2D eigenvalue weighted by Gasteiger charge is -2.07. The van der Waals surface area contributed by atoms with Gasteiger partial charge in [-0.2, -0.15) is 5.10 Å². The molecule has 1 aromatic carbocycles. The van der Waals surface area contributed by atoms with Gasteiger partial charge in [0.15, 0.2) is 12.4 Å². The van der Waals surface area contributed by atoms with Crippen molar-refractivity contribution in [3.63, 3.8) is 0 Å². The van der Waals surface area contributed by atoms with E-state index in [0.717, 1.165) is 12.1 Å². The van der Waals surface area contributed by atoms with Gasteiger partial charge in [0.1, 0.15) is 5.75 Å². The molecular weight excluding hydrogens is 374 g/mol. The number of esters is 1. The van der Waals surface area contributed by atoms with Gasteiger partial charge < -0.3 is 14.8 Å². The average molecular weight is 401 g/mol. The number of aryl methyl sites for hydroxylation is 2. The van der Waals surface area contributed by atoms with Gasteiger partial charge in [0.05, 0.1) is 30.1 Å². The SMILES string of the molecule is CCCOc1ccc(C(=O)CCC(=O)OCC(=O)Nc2c(C)nn(C)c2C)cc1. The Hall–Kier alpha value is -3.16. The summed E-state index contributed by atoms with van der Waals surface area (Å²) in [5, 5.41) is 6.89. The fourth-order valence-corrected chi connectivity index (χ4v) is 2.67. The maximum atomic E-state index is 12.2. The number of Topliss-reactive ketones (excluding diaryl/α,β-unsaturated/α-hetero) is 1. The lowest BCUT2D eigenvalue weighted by Crippen LogP contribution is -2.21. The highest BCUT2D eigenvalue weighted by Crippen LogP contribution is 2.18. The molecule has 8 heteroatoms. The number of nitrogens with one attached hydrogen (secondary N) is 1. The first-order chi connectivity index (χ1) is 13.8. The van der Waals surface area contributed by atoms with Crippen LogP contribution in [0.25, 0.3) is 0 Å². The second-order valence-corrected chi connectivity index (χ2v) is 6.67. The summed E-state index contributed by atoms with van der Waals surface area (Å²) in [5.41, 5.74) is 2.59. The number of carbonyl (C=O) groups is 3. The molecule has 29 heavy (non-hydrogen) atoms. The number of ether oxygens (including phenoxy) is 2. The van der Waals surface area contributed by atoms with E-state index >= 15 is 0 Å². The van der Waals surface area contributed by atoms with Crippen LogP contribution < -0.4 is 10.1 Å². The van der Waals surface area contributed by atoms with Gasteiger partial charge in [-0.25, -0.2) is 0 Å². The first-order valence-corrected chi connectivity index (χ1v) is 9.53. The molecule has 1 heterocycles. The van der Waals surface area contributed by atoms with Gasteiger partial charge in [-0.3, -0.25) is 19.1 Å². The molecule has 2 rings (SSSR count). The maximum Gasteiger partial charge on any atom is 0.306 e. The Morgan fingerprint density at radius 2 is 1.79 bits per heavy atom. The fraction of sp³-hybridized carbons (Fsp3) is 0.429. The Morgan fingerprint density at radius 1 is 1.10 bits per heavy atom. The molecule has 0 unspecified atom stereocenters. The minimum absolute atomic E-state index is 0.0104. The van der Waals surface area contributed by atoms with Gasteiger partial charge in [0, 0.05) is 19.0 Å². The van der Waals surface area contributed by atoms with Crippen molar-refractivity contribution in [2.45, 2.75) is 40.0 Å². The van der Waals surface area contributed by atoms with Gasteiger partial charge in [-0.1, -0.05) is 6.92 Å². The van der Waals surface area contributed by atoms with Gasteiger partial charge in [-0.05, 0) is 44.5 Å². The Kier molecular flexibility index (Phi) is 7.94. The molecule has 1 aromatic heterocycles. The third-order valence-electron chi connectivity index (χ3n) is 4.34. The zero-order chi connectivity index (χ0) is 21.4. The van der Waals surface area contributed by atoms with Crippen molar-refractivity contribution in [2.24, 2.45) is 7.05 Å². The molecule has 1 amide bonds. The summed E-state index contributed by atoms with van der Waals surface area (Å²) in [6, 6.07) is 6.80. The van der Waals surface area contributed by atoms with Crippen LogP contribution in [0.4, 0.5) is 5.69 Å². The number of ketones is 1. The summed E-state index contributed by atoms with van der Waals surface area (Å²) in [4.78, 5) is 36.0. The number of rotatable bonds is 10. The summed E-state index contributed by atoms with van der Waals surface area (Å²) in [7, 11) is 1.78. The molecule has 0 spiro atoms. The van der Waals surface area contributed by atoms with Gasteiger partial charge in [0.2, 0.25) is 0 Å². The maximum absolute atomic E-state index is 12.2. The Labute approximate surface area is 170 Å². The van der Waals surface area contributed by atoms with Crippen LogP contribution in [-0.2, 0) is 21.4 Å². The van der Waals surface area contributed by atoms with Crippen LogP contribution in [0.15, 0.2) is 24.3 Å². The van der Waals surface area contributed by atoms with E-state index in [1.54, 1.807) is 42.9 Å². The van der Waals surface area contributed by atoms with Crippen molar-refractivity contribution < 1.29 is 23.9 Å². The molecule has 0 aliphatic carbocycles. The molecule has 0 saturated heterocycles. The van der Waals surface area contributed by atoms with E-state index in [2.05, 4.69) is 10.4 Å². The number of carbonyl (C=O) groups excluding carboxylic acids is 3. The third-order valence-corrected chi connectivity index (χ3v) is 4.34. The molecule has 156 valence electrons. The Morgan fingerprint density at radius 3 is 2.38 bits per heavy atom. The molecule has 0 radical (unpaired) electrons. The molecule has 0 atom stereocenters. The number of nitrogens with zero attached hydrogens (tertiary/aromatic N) is 2. The summed E-state index contributed by atoms with van der Waals surface area (Å²) in [6.07, 6.45) is 0.823. The largest absolute Gasteiger partial charge is 0.494 e. The molecule has 8 nitrogen and oxygen atoms in total. The number of benzene rings is 1. The lowest BCUT2D eigenvalue weighted by atomic mass is 10.1. The first-order valence-electron chi connectivity index (χ1n) is 9.53. The molecule has 2 aromatic rings. The van der Waals surface area contributed by atoms with E-state index < -0.39 is 18.5 Å². The van der Waals surface area contributed by atoms with Crippen molar-refractivity contribution in [3.8, 4) is 5.75 Å². The van der Waals surface area contributed by atoms with Crippen molar-refractivity contribution in [1.82, 2.24) is 9.78 Å². The number of anilines is 1. The van der Waals surface area contributed by atoms with E-state index in [1.807, 2.05) is 13.8 Å². The van der Waals surface area contributed by atoms with Crippen LogP contribution in [0, 0.1) is 13.8 Å². The summed E-state index contributed by atoms with van der Waals surface area (Å²) >= 11 is 0. The van der Waals surface area contributed by atoms with Gasteiger partial charge >= 0.3 is 5.97 Å². The smallest absolute Gasteiger partial charge is 0.306 e. The van der Waals surface area contributed by atoms with E-state index in [1.165, 1.54) is 0 Å². The van der Waals surface area contributed by atoms with E-state index in [-0.39, 0.29) is 18.6 Å². The number of amides is 1. The van der Waals surface area contributed by atoms with Crippen LogP contribution >= 0.6 is 0 Å². The van der Waals surface area contributed by atoms with Gasteiger partial charge in [0.25, 0.3) is 5.91 Å². The fourth-order valence-electron chi connectivity index (χ4n) is 2.67. The quantitative estimate of drug-likeness (QED) is 0.485. The molecule has 0 aliphatic heterocycles. The van der Waals surface area contributed by atoms with Crippen molar-refractivity contribution in [1.29, 1.82) is 0 Å². The molecule has 0 bridgehead atoms. The molecule has 0 saturated carbocycles. The van der Waals surface area contributed by atoms with E-state index in [0.29, 0.717) is 29.3 Å². The molecule has 0 aliphatic rings. The normalized spacial score (nSPS) is 10.5. The summed E-state index contributed by atoms with van der Waals surface area (Å²) in [5.74, 6) is -0.523. The summed E-state index contributed by atoms with van der Waals surface area (Å²) in [6.45, 7) is 5.83. The minimum atomic E-state index is -0.601. The second kappa shape index (κ2) is 10.4. The lowest BCUT2D eigenvalue weighted by molar-refractivity contribution is -0.147. The van der Waals surface area contributed by atoms with Crippen LogP contribution in [0.2, 0.25) is 0 Å². The predicted octanol–water partition coefficient (Wildman–Crippen LogP) is 2.97. The minimum Gasteiger partial charge on any atom is -0.494 e. The zero-order valence-corrected chi connectivity index (χ0v) is 17.3. The molecule has 1 N–H and O–H groups in total. The van der Waals surface area contributed by atoms with Gasteiger partial charge in [-0.15, -0.1) is 0 Å². The highest BCUT2D eigenvalue weighted by molar-refractivity contribution is 5.98. The number of aromatic nitrogens is 2. The topological polar surface area (TPSA) is 99.5 Å². The number of hydrogen-bond donors (Lipinski definition) is 1. The summed E-state index contributed by atoms with van der Waals surface area (Å²) < 4.78 is 12.1. The van der Waals surface area contributed by atoms with Crippen molar-refractivity contribution in [3.05, 3.63) is 41.2 Å². The van der Waals surface area contributed by atoms with E-state index in [4.69, 9.17) is 9.47 Å². The van der Waals surface area contributed by atoms with E-state index in [9.17, 15) is 14.4 Å².